The second kappa shape index (κ2) is 7.96. The third kappa shape index (κ3) is 5.89. The summed E-state index contributed by atoms with van der Waals surface area (Å²) in [7, 11) is 1.64. The van der Waals surface area contributed by atoms with Gasteiger partial charge in [0.2, 0.25) is 5.91 Å². The lowest BCUT2D eigenvalue weighted by molar-refractivity contribution is -0.120. The number of anilines is 1. The Kier molecular flexibility index (Phi) is 6.58. The van der Waals surface area contributed by atoms with Crippen molar-refractivity contribution in [2.75, 3.05) is 26.0 Å². The molecule has 1 amide bonds. The Bertz CT molecular complexity index is 408. The highest BCUT2D eigenvalue weighted by atomic mass is 32.2. The van der Waals surface area contributed by atoms with Gasteiger partial charge in [0.05, 0.1) is 5.25 Å². The second-order valence-corrected chi connectivity index (χ2v) is 5.42. The molecule has 3 N–H and O–H groups in total. The third-order valence-electron chi connectivity index (χ3n) is 2.33. The molecule has 0 aliphatic rings. The number of methoxy groups -OCH3 is 1. The van der Waals surface area contributed by atoms with E-state index in [-0.39, 0.29) is 11.2 Å². The molecule has 1 unspecified atom stereocenters. The standard InChI is InChI=1S/C12H20N4O2S/c1-8-7-10(13)16-12(15-8)19-9(2)11(17)14-5-4-6-18-3/h7,9H,4-6H2,1-3H3,(H,14,17)(H2,13,15,16). The van der Waals surface area contributed by atoms with E-state index < -0.39 is 0 Å². The Morgan fingerprint density at radius 2 is 2.32 bits per heavy atom. The van der Waals surface area contributed by atoms with Gasteiger partial charge in [-0.2, -0.15) is 0 Å². The molecular formula is C12H20N4O2S. The van der Waals surface area contributed by atoms with Crippen LogP contribution in [-0.4, -0.2) is 41.4 Å². The van der Waals surface area contributed by atoms with Crippen molar-refractivity contribution in [2.24, 2.45) is 0 Å². The highest BCUT2D eigenvalue weighted by Crippen LogP contribution is 2.20. The van der Waals surface area contributed by atoms with Gasteiger partial charge < -0.3 is 15.8 Å². The molecule has 1 aromatic heterocycles. The van der Waals surface area contributed by atoms with Crippen LogP contribution in [0.1, 0.15) is 19.0 Å². The summed E-state index contributed by atoms with van der Waals surface area (Å²) in [5.74, 6) is 0.382. The highest BCUT2D eigenvalue weighted by Gasteiger charge is 2.15. The van der Waals surface area contributed by atoms with Crippen molar-refractivity contribution in [1.29, 1.82) is 0 Å². The Morgan fingerprint density at radius 1 is 1.58 bits per heavy atom. The van der Waals surface area contributed by atoms with Crippen LogP contribution in [0, 0.1) is 6.92 Å². The van der Waals surface area contributed by atoms with Crippen LogP contribution in [0.2, 0.25) is 0 Å². The maximum absolute atomic E-state index is 11.8. The first kappa shape index (κ1) is 15.7. The predicted molar refractivity (Wildman–Crippen MR) is 76.0 cm³/mol. The first-order valence-electron chi connectivity index (χ1n) is 6.07. The number of nitrogens with two attached hydrogens (primary N) is 1. The van der Waals surface area contributed by atoms with E-state index in [4.69, 9.17) is 10.5 Å². The van der Waals surface area contributed by atoms with Gasteiger partial charge in [0.15, 0.2) is 5.16 Å². The first-order valence-corrected chi connectivity index (χ1v) is 6.95. The highest BCUT2D eigenvalue weighted by molar-refractivity contribution is 8.00. The SMILES string of the molecule is COCCCNC(=O)C(C)Sc1nc(C)cc(N)n1. The van der Waals surface area contributed by atoms with Gasteiger partial charge in [0.25, 0.3) is 0 Å². The molecule has 0 fully saturated rings. The molecule has 6 nitrogen and oxygen atoms in total. The number of nitrogens with zero attached hydrogens (tertiary/aromatic N) is 2. The number of amides is 1. The van der Waals surface area contributed by atoms with Gasteiger partial charge in [-0.25, -0.2) is 9.97 Å². The van der Waals surface area contributed by atoms with E-state index in [9.17, 15) is 4.79 Å². The Hall–Kier alpha value is -1.34. The molecule has 7 heteroatoms. The van der Waals surface area contributed by atoms with Crippen LogP contribution in [0.4, 0.5) is 5.82 Å². The van der Waals surface area contributed by atoms with Crippen molar-refractivity contribution < 1.29 is 9.53 Å². The normalized spacial score (nSPS) is 12.2. The van der Waals surface area contributed by atoms with Gasteiger partial charge in [0, 0.05) is 32.0 Å². The first-order chi connectivity index (χ1) is 9.02. The number of aryl methyl sites for hydroxylation is 1. The van der Waals surface area contributed by atoms with E-state index in [2.05, 4.69) is 15.3 Å². The molecule has 1 aromatic rings. The van der Waals surface area contributed by atoms with E-state index in [1.54, 1.807) is 13.2 Å². The van der Waals surface area contributed by atoms with Gasteiger partial charge in [-0.05, 0) is 20.3 Å². The molecule has 0 radical (unpaired) electrons. The minimum atomic E-state index is -0.260. The van der Waals surface area contributed by atoms with Crippen molar-refractivity contribution in [3.8, 4) is 0 Å². The fourth-order valence-electron chi connectivity index (χ4n) is 1.40. The van der Waals surface area contributed by atoms with Crippen LogP contribution in [0.5, 0.6) is 0 Å². The summed E-state index contributed by atoms with van der Waals surface area (Å²) >= 11 is 1.30. The molecule has 0 aromatic carbocycles. The van der Waals surface area contributed by atoms with Crippen LogP contribution in [0.15, 0.2) is 11.2 Å². The topological polar surface area (TPSA) is 90.1 Å². The van der Waals surface area contributed by atoms with E-state index >= 15 is 0 Å². The number of aromatic nitrogens is 2. The monoisotopic (exact) mass is 284 g/mol. The summed E-state index contributed by atoms with van der Waals surface area (Å²) in [6.07, 6.45) is 0.799. The van der Waals surface area contributed by atoms with Crippen LogP contribution in [0.3, 0.4) is 0 Å². The summed E-state index contributed by atoms with van der Waals surface area (Å²) < 4.78 is 4.92. The third-order valence-corrected chi connectivity index (χ3v) is 3.29. The fraction of sp³-hybridized carbons (Fsp3) is 0.583. The van der Waals surface area contributed by atoms with Crippen LogP contribution >= 0.6 is 11.8 Å². The number of rotatable bonds is 7. The van der Waals surface area contributed by atoms with Gasteiger partial charge in [-0.1, -0.05) is 11.8 Å². The molecule has 19 heavy (non-hydrogen) atoms. The summed E-state index contributed by atoms with van der Waals surface area (Å²) in [5.41, 5.74) is 6.44. The second-order valence-electron chi connectivity index (χ2n) is 4.11. The smallest absolute Gasteiger partial charge is 0.233 e. The van der Waals surface area contributed by atoms with Crippen molar-refractivity contribution in [3.05, 3.63) is 11.8 Å². The Labute approximate surface area is 117 Å². The minimum Gasteiger partial charge on any atom is -0.385 e. The average Bonchev–Trinajstić information content (AvgIpc) is 2.33. The van der Waals surface area contributed by atoms with Crippen molar-refractivity contribution in [2.45, 2.75) is 30.7 Å². The molecule has 0 spiro atoms. The fourth-order valence-corrected chi connectivity index (χ4v) is 2.26. The van der Waals surface area contributed by atoms with E-state index in [1.807, 2.05) is 13.8 Å². The minimum absolute atomic E-state index is 0.0372. The number of carbonyl (C=O) groups excluding carboxylic acids is 1. The lowest BCUT2D eigenvalue weighted by atomic mass is 10.4. The van der Waals surface area contributed by atoms with Gasteiger partial charge in [-0.3, -0.25) is 4.79 Å². The van der Waals surface area contributed by atoms with Crippen molar-refractivity contribution in [1.82, 2.24) is 15.3 Å². The van der Waals surface area contributed by atoms with Crippen LogP contribution < -0.4 is 11.1 Å². The number of nitrogen functional groups attached to an aromatic ring is 1. The number of hydrogen-bond donors (Lipinski definition) is 2. The summed E-state index contributed by atoms with van der Waals surface area (Å²) in [6.45, 7) is 4.91. The molecule has 1 atom stereocenters. The lowest BCUT2D eigenvalue weighted by Crippen LogP contribution is -2.32. The zero-order chi connectivity index (χ0) is 14.3. The molecule has 0 bridgehead atoms. The predicted octanol–water partition coefficient (Wildman–Crippen LogP) is 1.00. The number of thioether (sulfide) groups is 1. The molecule has 106 valence electrons. The van der Waals surface area contributed by atoms with Crippen LogP contribution in [-0.2, 0) is 9.53 Å². The molecular weight excluding hydrogens is 264 g/mol. The summed E-state index contributed by atoms with van der Waals surface area (Å²) in [6, 6.07) is 1.69. The molecule has 1 heterocycles. The van der Waals surface area contributed by atoms with E-state index in [1.165, 1.54) is 11.8 Å². The van der Waals surface area contributed by atoms with Crippen molar-refractivity contribution in [3.63, 3.8) is 0 Å². The number of carbonyl (C=O) groups is 1. The maximum atomic E-state index is 11.8. The number of ether oxygens (including phenoxy) is 1. The van der Waals surface area contributed by atoms with Crippen molar-refractivity contribution >= 4 is 23.5 Å². The van der Waals surface area contributed by atoms with Crippen LogP contribution in [0.25, 0.3) is 0 Å². The lowest BCUT2D eigenvalue weighted by Gasteiger charge is -2.11. The van der Waals surface area contributed by atoms with Gasteiger partial charge >= 0.3 is 0 Å². The summed E-state index contributed by atoms with van der Waals surface area (Å²) in [5, 5.41) is 3.10. The molecule has 1 rings (SSSR count). The average molecular weight is 284 g/mol. The zero-order valence-electron chi connectivity index (χ0n) is 11.5. The quantitative estimate of drug-likeness (QED) is 0.441. The van der Waals surface area contributed by atoms with Gasteiger partial charge in [0.1, 0.15) is 5.82 Å². The number of hydrogen-bond acceptors (Lipinski definition) is 6. The Balaban J connectivity index is 2.44. The molecule has 0 aliphatic heterocycles. The zero-order valence-corrected chi connectivity index (χ0v) is 12.3. The molecule has 0 saturated carbocycles. The largest absolute Gasteiger partial charge is 0.385 e. The van der Waals surface area contributed by atoms with E-state index in [0.29, 0.717) is 24.1 Å². The Morgan fingerprint density at radius 3 is 2.95 bits per heavy atom. The summed E-state index contributed by atoms with van der Waals surface area (Å²) in [4.78, 5) is 20.2. The molecule has 0 aliphatic carbocycles. The number of nitrogens with one attached hydrogen (secondary N) is 1. The maximum Gasteiger partial charge on any atom is 0.233 e. The van der Waals surface area contributed by atoms with Gasteiger partial charge in [-0.15, -0.1) is 0 Å². The van der Waals surface area contributed by atoms with E-state index in [0.717, 1.165) is 12.1 Å². The molecule has 0 saturated heterocycles.